The molecule has 0 amide bonds. The highest BCUT2D eigenvalue weighted by atomic mass is 32.2. The third-order valence-electron chi connectivity index (χ3n) is 4.46. The van der Waals surface area contributed by atoms with E-state index >= 15 is 0 Å². The predicted molar refractivity (Wildman–Crippen MR) is 98.5 cm³/mol. The van der Waals surface area contributed by atoms with Crippen LogP contribution >= 0.6 is 0 Å². The van der Waals surface area contributed by atoms with Crippen LogP contribution in [0.4, 0.5) is 5.82 Å². The Bertz CT molecular complexity index is 1200. The van der Waals surface area contributed by atoms with Crippen molar-refractivity contribution in [3.05, 3.63) is 77.0 Å². The van der Waals surface area contributed by atoms with Crippen molar-refractivity contribution < 1.29 is 18.0 Å². The van der Waals surface area contributed by atoms with Crippen LogP contribution in [0.2, 0.25) is 0 Å². The molecule has 4 rings (SSSR count). The predicted octanol–water partition coefficient (Wildman–Crippen LogP) is 2.48. The number of aryl methyl sites for hydroxylation is 1. The molecule has 1 aliphatic rings. The number of sulfonamides is 1. The number of hydrogen-bond donors (Lipinski definition) is 1. The molecule has 1 heterocycles. The maximum absolute atomic E-state index is 13.0. The van der Waals surface area contributed by atoms with Crippen LogP contribution in [0.1, 0.15) is 38.8 Å². The number of hydrogen-bond acceptors (Lipinski definition) is 5. The number of aromatic nitrogens is 2. The van der Waals surface area contributed by atoms with Crippen molar-refractivity contribution in [3.63, 3.8) is 0 Å². The number of benzene rings is 2. The molecule has 0 unspecified atom stereocenters. The molecule has 1 aliphatic carbocycles. The quantitative estimate of drug-likeness (QED) is 0.586. The van der Waals surface area contributed by atoms with Gasteiger partial charge < -0.3 is 0 Å². The van der Waals surface area contributed by atoms with Gasteiger partial charge in [0.2, 0.25) is 0 Å². The molecular weight excluding hydrogens is 366 g/mol. The van der Waals surface area contributed by atoms with Gasteiger partial charge in [0.1, 0.15) is 5.82 Å². The summed E-state index contributed by atoms with van der Waals surface area (Å²) < 4.78 is 29.9. The first kappa shape index (κ1) is 17.2. The van der Waals surface area contributed by atoms with E-state index in [2.05, 4.69) is 9.82 Å². The monoisotopic (exact) mass is 381 g/mol. The van der Waals surface area contributed by atoms with E-state index in [0.717, 1.165) is 0 Å². The Morgan fingerprint density at radius 1 is 0.926 bits per heavy atom. The Kier molecular flexibility index (Phi) is 3.92. The molecule has 0 spiro atoms. The second kappa shape index (κ2) is 6.17. The van der Waals surface area contributed by atoms with E-state index in [-0.39, 0.29) is 38.8 Å². The Morgan fingerprint density at radius 2 is 1.59 bits per heavy atom. The molecule has 7 nitrogen and oxygen atoms in total. The van der Waals surface area contributed by atoms with E-state index in [4.69, 9.17) is 0 Å². The molecule has 0 bridgehead atoms. The highest BCUT2D eigenvalue weighted by Gasteiger charge is 2.34. The number of fused-ring (bicyclic) bond motifs is 2. The first-order chi connectivity index (χ1) is 12.9. The lowest BCUT2D eigenvalue weighted by atomic mass is 9.84. The normalized spacial score (nSPS) is 13.2. The van der Waals surface area contributed by atoms with Crippen LogP contribution in [0.5, 0.6) is 0 Å². The van der Waals surface area contributed by atoms with Crippen LogP contribution < -0.4 is 4.72 Å². The highest BCUT2D eigenvalue weighted by molar-refractivity contribution is 7.92. The molecule has 0 radical (unpaired) electrons. The van der Waals surface area contributed by atoms with Crippen LogP contribution in [0.25, 0.3) is 0 Å². The van der Waals surface area contributed by atoms with Crippen LogP contribution in [0.3, 0.4) is 0 Å². The first-order valence-corrected chi connectivity index (χ1v) is 9.78. The fourth-order valence-electron chi connectivity index (χ4n) is 3.20. The Hall–Kier alpha value is -3.26. The molecule has 0 aliphatic heterocycles. The zero-order chi connectivity index (χ0) is 19.2. The maximum Gasteiger partial charge on any atom is 0.263 e. The largest absolute Gasteiger partial charge is 0.289 e. The number of nitrogens with zero attached hydrogens (tertiary/aromatic N) is 2. The van der Waals surface area contributed by atoms with Gasteiger partial charge in [-0.15, -0.1) is 0 Å². The average molecular weight is 381 g/mol. The number of nitrogens with one attached hydrogen (secondary N) is 1. The van der Waals surface area contributed by atoms with Gasteiger partial charge in [0.05, 0.1) is 16.7 Å². The molecule has 8 heteroatoms. The minimum atomic E-state index is -4.10. The summed E-state index contributed by atoms with van der Waals surface area (Å²) in [5, 5.41) is 4.03. The molecule has 1 aromatic heterocycles. The molecule has 136 valence electrons. The number of ketones is 2. The second-order valence-electron chi connectivity index (χ2n) is 6.02. The first-order valence-electron chi connectivity index (χ1n) is 8.30. The molecule has 27 heavy (non-hydrogen) atoms. The molecule has 0 saturated carbocycles. The average Bonchev–Trinajstić information content (AvgIpc) is 3.12. The zero-order valence-electron chi connectivity index (χ0n) is 14.3. The maximum atomic E-state index is 13.0. The van der Waals surface area contributed by atoms with Gasteiger partial charge in [0.25, 0.3) is 10.0 Å². The van der Waals surface area contributed by atoms with Crippen molar-refractivity contribution in [2.24, 2.45) is 0 Å². The van der Waals surface area contributed by atoms with Gasteiger partial charge >= 0.3 is 0 Å². The minimum absolute atomic E-state index is 0.0885. The van der Waals surface area contributed by atoms with Crippen molar-refractivity contribution in [2.75, 3.05) is 4.72 Å². The van der Waals surface area contributed by atoms with Crippen molar-refractivity contribution in [1.29, 1.82) is 0 Å². The van der Waals surface area contributed by atoms with Crippen LogP contribution in [-0.2, 0) is 16.6 Å². The third kappa shape index (κ3) is 2.65. The lowest BCUT2D eigenvalue weighted by molar-refractivity contribution is 0.0976. The van der Waals surface area contributed by atoms with E-state index in [1.54, 1.807) is 18.2 Å². The molecule has 2 aromatic carbocycles. The molecule has 3 aromatic rings. The van der Waals surface area contributed by atoms with Gasteiger partial charge in [-0.3, -0.25) is 14.3 Å². The summed E-state index contributed by atoms with van der Waals surface area (Å²) in [6.07, 6.45) is 1.48. The standard InChI is InChI=1S/C19H15N3O4S/c1-2-22-16(10-11-20-22)21-27(25,26)15-9-5-8-14-17(15)19(24)13-7-4-3-6-12(13)18(14)23/h3-11,21H,2H2,1H3. The summed E-state index contributed by atoms with van der Waals surface area (Å²) in [6.45, 7) is 2.30. The van der Waals surface area contributed by atoms with E-state index in [1.807, 2.05) is 6.92 Å². The van der Waals surface area contributed by atoms with Crippen LogP contribution in [0, 0.1) is 0 Å². The summed E-state index contributed by atoms with van der Waals surface area (Å²) >= 11 is 0. The third-order valence-corrected chi connectivity index (χ3v) is 5.86. The summed E-state index contributed by atoms with van der Waals surface area (Å²) in [4.78, 5) is 25.5. The Morgan fingerprint density at radius 3 is 2.30 bits per heavy atom. The number of anilines is 1. The summed E-state index contributed by atoms with van der Waals surface area (Å²) in [6, 6.07) is 12.2. The van der Waals surface area contributed by atoms with E-state index < -0.39 is 15.8 Å². The second-order valence-corrected chi connectivity index (χ2v) is 7.67. The molecule has 0 fully saturated rings. The van der Waals surface area contributed by atoms with Gasteiger partial charge in [0, 0.05) is 29.3 Å². The lowest BCUT2D eigenvalue weighted by Crippen LogP contribution is -2.26. The van der Waals surface area contributed by atoms with Gasteiger partial charge in [-0.25, -0.2) is 13.1 Å². The number of carbonyl (C=O) groups excluding carboxylic acids is 2. The highest BCUT2D eigenvalue weighted by Crippen LogP contribution is 2.32. The Balaban J connectivity index is 1.87. The van der Waals surface area contributed by atoms with Gasteiger partial charge in [0.15, 0.2) is 11.6 Å². The zero-order valence-corrected chi connectivity index (χ0v) is 15.2. The molecule has 1 N–H and O–H groups in total. The molecule has 0 saturated heterocycles. The topological polar surface area (TPSA) is 98.1 Å². The number of carbonyl (C=O) groups is 2. The van der Waals surface area contributed by atoms with Crippen molar-refractivity contribution >= 4 is 27.4 Å². The minimum Gasteiger partial charge on any atom is -0.289 e. The van der Waals surface area contributed by atoms with E-state index in [1.165, 1.54) is 41.2 Å². The fraction of sp³-hybridized carbons (Fsp3) is 0.105. The summed E-state index contributed by atoms with van der Waals surface area (Å²) in [5.41, 5.74) is 0.472. The van der Waals surface area contributed by atoms with Gasteiger partial charge in [-0.1, -0.05) is 36.4 Å². The van der Waals surface area contributed by atoms with Crippen LogP contribution in [-0.4, -0.2) is 29.8 Å². The summed E-state index contributed by atoms with van der Waals surface area (Å²) in [7, 11) is -4.10. The fourth-order valence-corrected chi connectivity index (χ4v) is 4.49. The van der Waals surface area contributed by atoms with Gasteiger partial charge in [-0.05, 0) is 13.0 Å². The number of rotatable bonds is 4. The van der Waals surface area contributed by atoms with Crippen molar-refractivity contribution in [3.8, 4) is 0 Å². The molecule has 0 atom stereocenters. The van der Waals surface area contributed by atoms with Crippen molar-refractivity contribution in [1.82, 2.24) is 9.78 Å². The van der Waals surface area contributed by atoms with Crippen molar-refractivity contribution in [2.45, 2.75) is 18.4 Å². The van der Waals surface area contributed by atoms with E-state index in [0.29, 0.717) is 6.54 Å². The SMILES string of the molecule is CCn1nccc1NS(=O)(=O)c1cccc2c1C(=O)c1ccccc1C2=O. The summed E-state index contributed by atoms with van der Waals surface area (Å²) in [5.74, 6) is -0.564. The van der Waals surface area contributed by atoms with E-state index in [9.17, 15) is 18.0 Å². The van der Waals surface area contributed by atoms with Crippen LogP contribution in [0.15, 0.2) is 59.6 Å². The molecular formula is C19H15N3O4S. The smallest absolute Gasteiger partial charge is 0.263 e. The lowest BCUT2D eigenvalue weighted by Gasteiger charge is -2.20. The Labute approximate surface area is 155 Å². The van der Waals surface area contributed by atoms with Gasteiger partial charge in [-0.2, -0.15) is 5.10 Å².